The molecule has 2 aromatic carbocycles. The molecule has 1 fully saturated rings. The van der Waals surface area contributed by atoms with E-state index < -0.39 is 5.97 Å². The summed E-state index contributed by atoms with van der Waals surface area (Å²) in [6.45, 7) is 5.41. The largest absolute Gasteiger partial charge is 0.423 e. The number of esters is 1. The zero-order chi connectivity index (χ0) is 19.9. The van der Waals surface area contributed by atoms with Crippen molar-refractivity contribution in [3.8, 4) is 16.9 Å². The predicted octanol–water partition coefficient (Wildman–Crippen LogP) is 5.81. The van der Waals surface area contributed by atoms with Gasteiger partial charge in [-0.25, -0.2) is 4.79 Å². The standard InChI is InChI=1S/C25H30O3/c1-18(2)25(27)28-24-17-23(15-14-22(24)9-6-16-26)21-12-10-20(11-13-21)19-7-4-3-5-8-19/h10-15,17,19,26H,1,3-9,16H2,2H3. The van der Waals surface area contributed by atoms with Gasteiger partial charge in [0.15, 0.2) is 0 Å². The van der Waals surface area contributed by atoms with Crippen molar-refractivity contribution in [1.82, 2.24) is 0 Å². The van der Waals surface area contributed by atoms with Crippen molar-refractivity contribution in [2.45, 2.75) is 57.8 Å². The molecular weight excluding hydrogens is 348 g/mol. The molecule has 1 aliphatic rings. The Morgan fingerprint density at radius 2 is 1.75 bits per heavy atom. The van der Waals surface area contributed by atoms with Crippen LogP contribution in [-0.2, 0) is 11.2 Å². The number of carbonyl (C=O) groups is 1. The summed E-state index contributed by atoms with van der Waals surface area (Å²) in [6.07, 6.45) is 7.91. The highest BCUT2D eigenvalue weighted by Crippen LogP contribution is 2.34. The van der Waals surface area contributed by atoms with E-state index in [0.29, 0.717) is 30.1 Å². The van der Waals surface area contributed by atoms with Crippen molar-refractivity contribution in [3.05, 3.63) is 65.7 Å². The third-order valence-corrected chi connectivity index (χ3v) is 5.54. The molecule has 0 heterocycles. The number of aryl methyl sites for hydroxylation is 1. The second-order valence-electron chi connectivity index (χ2n) is 7.78. The zero-order valence-electron chi connectivity index (χ0n) is 16.7. The zero-order valence-corrected chi connectivity index (χ0v) is 16.7. The highest BCUT2D eigenvalue weighted by molar-refractivity contribution is 5.89. The van der Waals surface area contributed by atoms with Crippen molar-refractivity contribution in [1.29, 1.82) is 0 Å². The van der Waals surface area contributed by atoms with Gasteiger partial charge >= 0.3 is 5.97 Å². The first-order valence-electron chi connectivity index (χ1n) is 10.3. The first-order valence-corrected chi connectivity index (χ1v) is 10.3. The number of hydrogen-bond donors (Lipinski definition) is 1. The summed E-state index contributed by atoms with van der Waals surface area (Å²) < 4.78 is 5.56. The molecule has 0 spiro atoms. The Hall–Kier alpha value is -2.39. The molecule has 0 radical (unpaired) electrons. The fourth-order valence-corrected chi connectivity index (χ4v) is 3.88. The van der Waals surface area contributed by atoms with E-state index in [4.69, 9.17) is 9.84 Å². The molecule has 0 amide bonds. The van der Waals surface area contributed by atoms with Crippen molar-refractivity contribution in [2.24, 2.45) is 0 Å². The normalized spacial score (nSPS) is 14.6. The molecular formula is C25H30O3. The lowest BCUT2D eigenvalue weighted by atomic mass is 9.83. The smallest absolute Gasteiger partial charge is 0.338 e. The maximum atomic E-state index is 12.0. The quantitative estimate of drug-likeness (QED) is 0.376. The van der Waals surface area contributed by atoms with Crippen molar-refractivity contribution in [2.75, 3.05) is 6.61 Å². The number of benzene rings is 2. The van der Waals surface area contributed by atoms with Gasteiger partial charge in [0.2, 0.25) is 0 Å². The first-order chi connectivity index (χ1) is 13.6. The lowest BCUT2D eigenvalue weighted by Gasteiger charge is -2.22. The molecule has 2 aromatic rings. The molecule has 3 heteroatoms. The number of ether oxygens (including phenoxy) is 1. The van der Waals surface area contributed by atoms with Gasteiger partial charge in [0.1, 0.15) is 5.75 Å². The summed E-state index contributed by atoms with van der Waals surface area (Å²) in [5.74, 6) is 0.820. The van der Waals surface area contributed by atoms with Crippen LogP contribution in [0.15, 0.2) is 54.6 Å². The van der Waals surface area contributed by atoms with Gasteiger partial charge < -0.3 is 9.84 Å². The number of aliphatic hydroxyl groups is 1. The average Bonchev–Trinajstić information content (AvgIpc) is 2.73. The van der Waals surface area contributed by atoms with E-state index in [1.54, 1.807) is 6.92 Å². The average molecular weight is 379 g/mol. The minimum Gasteiger partial charge on any atom is -0.423 e. The van der Waals surface area contributed by atoms with E-state index in [1.807, 2.05) is 12.1 Å². The molecule has 28 heavy (non-hydrogen) atoms. The van der Waals surface area contributed by atoms with Crippen LogP contribution in [0, 0.1) is 0 Å². The van der Waals surface area contributed by atoms with Crippen LogP contribution in [0.5, 0.6) is 5.75 Å². The third kappa shape index (κ3) is 5.11. The summed E-state index contributed by atoms with van der Waals surface area (Å²) in [5, 5.41) is 9.13. The SMILES string of the molecule is C=C(C)C(=O)Oc1cc(-c2ccc(C3CCCCC3)cc2)ccc1CCCO. The topological polar surface area (TPSA) is 46.5 Å². The highest BCUT2D eigenvalue weighted by Gasteiger charge is 2.16. The van der Waals surface area contributed by atoms with Crippen molar-refractivity contribution < 1.29 is 14.6 Å². The van der Waals surface area contributed by atoms with E-state index >= 15 is 0 Å². The molecule has 0 aliphatic heterocycles. The van der Waals surface area contributed by atoms with Crippen LogP contribution in [0.2, 0.25) is 0 Å². The Kier molecular flexibility index (Phi) is 7.05. The van der Waals surface area contributed by atoms with Crippen LogP contribution >= 0.6 is 0 Å². The van der Waals surface area contributed by atoms with Gasteiger partial charge in [-0.15, -0.1) is 0 Å². The molecule has 1 N–H and O–H groups in total. The molecule has 0 aromatic heterocycles. The Balaban J connectivity index is 1.84. The molecule has 1 aliphatic carbocycles. The van der Waals surface area contributed by atoms with Crippen LogP contribution in [-0.4, -0.2) is 17.7 Å². The first kappa shape index (κ1) is 20.3. The second-order valence-corrected chi connectivity index (χ2v) is 7.78. The second kappa shape index (κ2) is 9.70. The van der Waals surface area contributed by atoms with Crippen LogP contribution in [0.25, 0.3) is 11.1 Å². The monoisotopic (exact) mass is 378 g/mol. The van der Waals surface area contributed by atoms with Crippen LogP contribution in [0.1, 0.15) is 62.5 Å². The Bertz CT molecular complexity index is 814. The molecule has 3 nitrogen and oxygen atoms in total. The van der Waals surface area contributed by atoms with Gasteiger partial charge in [-0.1, -0.05) is 62.2 Å². The van der Waals surface area contributed by atoms with Crippen LogP contribution in [0.4, 0.5) is 0 Å². The van der Waals surface area contributed by atoms with Crippen LogP contribution in [0.3, 0.4) is 0 Å². The highest BCUT2D eigenvalue weighted by atomic mass is 16.5. The number of rotatable bonds is 7. The van der Waals surface area contributed by atoms with Gasteiger partial charge in [0.25, 0.3) is 0 Å². The Morgan fingerprint density at radius 3 is 2.39 bits per heavy atom. The molecule has 0 saturated heterocycles. The van der Waals surface area contributed by atoms with E-state index in [1.165, 1.54) is 37.7 Å². The molecule has 0 atom stereocenters. The summed E-state index contributed by atoms with van der Waals surface area (Å²) in [5.41, 5.74) is 4.85. The molecule has 0 bridgehead atoms. The van der Waals surface area contributed by atoms with Gasteiger partial charge in [-0.3, -0.25) is 0 Å². The molecule has 0 unspecified atom stereocenters. The number of hydrogen-bond acceptors (Lipinski definition) is 3. The van der Waals surface area contributed by atoms with Crippen molar-refractivity contribution >= 4 is 5.97 Å². The fraction of sp³-hybridized carbons (Fsp3) is 0.400. The van der Waals surface area contributed by atoms with Gasteiger partial charge in [0, 0.05) is 12.2 Å². The van der Waals surface area contributed by atoms with Gasteiger partial charge in [-0.05, 0) is 66.8 Å². The molecule has 3 rings (SSSR count). The lowest BCUT2D eigenvalue weighted by molar-refractivity contribution is -0.130. The fourth-order valence-electron chi connectivity index (χ4n) is 3.88. The van der Waals surface area contributed by atoms with E-state index in [9.17, 15) is 4.79 Å². The molecule has 1 saturated carbocycles. The van der Waals surface area contributed by atoms with Crippen LogP contribution < -0.4 is 4.74 Å². The van der Waals surface area contributed by atoms with E-state index in [2.05, 4.69) is 36.9 Å². The third-order valence-electron chi connectivity index (χ3n) is 5.54. The number of carbonyl (C=O) groups excluding carboxylic acids is 1. The van der Waals surface area contributed by atoms with E-state index in [0.717, 1.165) is 16.7 Å². The van der Waals surface area contributed by atoms with Crippen molar-refractivity contribution in [3.63, 3.8) is 0 Å². The number of aliphatic hydroxyl groups excluding tert-OH is 1. The van der Waals surface area contributed by atoms with E-state index in [-0.39, 0.29) is 6.61 Å². The minimum atomic E-state index is -0.421. The summed E-state index contributed by atoms with van der Waals surface area (Å²) in [6, 6.07) is 14.8. The maximum absolute atomic E-state index is 12.0. The Labute approximate surface area is 168 Å². The maximum Gasteiger partial charge on any atom is 0.338 e. The van der Waals surface area contributed by atoms with Gasteiger partial charge in [0.05, 0.1) is 0 Å². The molecule has 148 valence electrons. The lowest BCUT2D eigenvalue weighted by Crippen LogP contribution is -2.10. The predicted molar refractivity (Wildman–Crippen MR) is 114 cm³/mol. The summed E-state index contributed by atoms with van der Waals surface area (Å²) >= 11 is 0. The Morgan fingerprint density at radius 1 is 1.07 bits per heavy atom. The summed E-state index contributed by atoms with van der Waals surface area (Å²) in [7, 11) is 0. The minimum absolute atomic E-state index is 0.109. The van der Waals surface area contributed by atoms with Gasteiger partial charge in [-0.2, -0.15) is 0 Å². The summed E-state index contributed by atoms with van der Waals surface area (Å²) in [4.78, 5) is 12.0.